The second-order valence-corrected chi connectivity index (χ2v) is 7.41. The molecule has 0 radical (unpaired) electrons. The highest BCUT2D eigenvalue weighted by Gasteiger charge is 2.20. The van der Waals surface area contributed by atoms with Crippen LogP contribution in [0.5, 0.6) is 5.75 Å². The van der Waals surface area contributed by atoms with Crippen molar-refractivity contribution in [3.05, 3.63) is 29.8 Å². The van der Waals surface area contributed by atoms with Crippen LogP contribution in [0.15, 0.2) is 24.3 Å². The highest BCUT2D eigenvalue weighted by Crippen LogP contribution is 2.34. The van der Waals surface area contributed by atoms with E-state index in [2.05, 4.69) is 38.1 Å². The maximum Gasteiger partial charge on any atom is 0.119 e. The van der Waals surface area contributed by atoms with Gasteiger partial charge in [0.25, 0.3) is 0 Å². The minimum absolute atomic E-state index is 0.844. The third-order valence-electron chi connectivity index (χ3n) is 5.46. The van der Waals surface area contributed by atoms with E-state index in [0.717, 1.165) is 30.6 Å². The summed E-state index contributed by atoms with van der Waals surface area (Å²) in [5.74, 6) is 3.03. The highest BCUT2D eigenvalue weighted by molar-refractivity contribution is 5.27. The Labute approximate surface area is 143 Å². The Morgan fingerprint density at radius 2 is 1.43 bits per heavy atom. The number of ether oxygens (including phenoxy) is 1. The average Bonchev–Trinajstić information content (AvgIpc) is 2.60. The van der Waals surface area contributed by atoms with Crippen molar-refractivity contribution in [1.82, 2.24) is 0 Å². The van der Waals surface area contributed by atoms with Crippen molar-refractivity contribution in [3.63, 3.8) is 0 Å². The van der Waals surface area contributed by atoms with E-state index < -0.39 is 0 Å². The van der Waals surface area contributed by atoms with Gasteiger partial charge in [0.15, 0.2) is 0 Å². The van der Waals surface area contributed by atoms with Crippen molar-refractivity contribution in [3.8, 4) is 5.75 Å². The van der Waals surface area contributed by atoms with Crippen molar-refractivity contribution in [2.75, 3.05) is 6.61 Å². The Balaban J connectivity index is 1.64. The maximum atomic E-state index is 5.74. The number of hydrogen-bond donors (Lipinski definition) is 0. The third kappa shape index (κ3) is 6.97. The van der Waals surface area contributed by atoms with Crippen molar-refractivity contribution in [2.24, 2.45) is 11.8 Å². The molecular formula is C22H36O. The van der Waals surface area contributed by atoms with Crippen molar-refractivity contribution in [1.29, 1.82) is 0 Å². The fourth-order valence-electron chi connectivity index (χ4n) is 3.76. The van der Waals surface area contributed by atoms with E-state index in [0.29, 0.717) is 0 Å². The lowest BCUT2D eigenvalue weighted by molar-refractivity contribution is 0.250. The van der Waals surface area contributed by atoms with Crippen LogP contribution < -0.4 is 4.74 Å². The lowest BCUT2D eigenvalue weighted by Gasteiger charge is -2.28. The van der Waals surface area contributed by atoms with Crippen molar-refractivity contribution < 1.29 is 4.74 Å². The van der Waals surface area contributed by atoms with E-state index in [-0.39, 0.29) is 0 Å². The Morgan fingerprint density at radius 1 is 0.826 bits per heavy atom. The zero-order chi connectivity index (χ0) is 16.3. The molecule has 1 saturated carbocycles. The van der Waals surface area contributed by atoms with Crippen LogP contribution in [0.4, 0.5) is 0 Å². The summed E-state index contributed by atoms with van der Waals surface area (Å²) in [5, 5.41) is 0. The van der Waals surface area contributed by atoms with Gasteiger partial charge in [-0.1, -0.05) is 77.3 Å². The number of rotatable bonds is 10. The first-order valence-electron chi connectivity index (χ1n) is 10.0. The smallest absolute Gasteiger partial charge is 0.119 e. The molecule has 2 rings (SSSR count). The summed E-state index contributed by atoms with van der Waals surface area (Å²) in [5.41, 5.74) is 1.47. The molecular weight excluding hydrogens is 280 g/mol. The fraction of sp³-hybridized carbons (Fsp3) is 0.727. The molecule has 0 heterocycles. The Morgan fingerprint density at radius 3 is 2.04 bits per heavy atom. The molecule has 0 spiro atoms. The van der Waals surface area contributed by atoms with Gasteiger partial charge >= 0.3 is 0 Å². The Bertz CT molecular complexity index is 400. The number of unbranched alkanes of at least 4 members (excludes halogenated alkanes) is 2. The van der Waals surface area contributed by atoms with E-state index >= 15 is 0 Å². The predicted octanol–water partition coefficient (Wildman–Crippen LogP) is 6.79. The molecule has 1 aromatic rings. The molecule has 0 amide bonds. The summed E-state index contributed by atoms with van der Waals surface area (Å²) in [6, 6.07) is 8.81. The molecule has 0 aromatic heterocycles. The summed E-state index contributed by atoms with van der Waals surface area (Å²) in [7, 11) is 0. The number of aryl methyl sites for hydroxylation is 1. The molecule has 0 N–H and O–H groups in total. The van der Waals surface area contributed by atoms with Crippen LogP contribution in [0.1, 0.15) is 83.6 Å². The van der Waals surface area contributed by atoms with E-state index in [1.54, 1.807) is 0 Å². The first-order chi connectivity index (χ1) is 11.3. The second-order valence-electron chi connectivity index (χ2n) is 7.41. The van der Waals surface area contributed by atoms with Crippen LogP contribution in [0, 0.1) is 11.8 Å². The SMILES string of the molecule is CCCCOc1ccc(CCC2CCC(CCCC)CC2)cc1. The van der Waals surface area contributed by atoms with Gasteiger partial charge in [-0.15, -0.1) is 0 Å². The molecule has 0 saturated heterocycles. The Hall–Kier alpha value is -0.980. The molecule has 1 nitrogen and oxygen atoms in total. The number of benzene rings is 1. The molecule has 0 atom stereocenters. The van der Waals surface area contributed by atoms with Crippen LogP contribution in [0.2, 0.25) is 0 Å². The topological polar surface area (TPSA) is 9.23 Å². The van der Waals surface area contributed by atoms with E-state index in [1.807, 2.05) is 0 Å². The van der Waals surface area contributed by atoms with Gasteiger partial charge in [-0.25, -0.2) is 0 Å². The normalized spacial score (nSPS) is 21.3. The molecule has 1 aliphatic rings. The van der Waals surface area contributed by atoms with E-state index in [9.17, 15) is 0 Å². The van der Waals surface area contributed by atoms with Crippen LogP contribution in [0.3, 0.4) is 0 Å². The molecule has 0 unspecified atom stereocenters. The van der Waals surface area contributed by atoms with Crippen LogP contribution in [-0.2, 0) is 6.42 Å². The molecule has 0 aliphatic heterocycles. The minimum Gasteiger partial charge on any atom is -0.494 e. The second kappa shape index (κ2) is 10.7. The largest absolute Gasteiger partial charge is 0.494 e. The Kier molecular flexibility index (Phi) is 8.57. The summed E-state index contributed by atoms with van der Waals surface area (Å²) in [6.07, 6.45) is 15.1. The maximum absolute atomic E-state index is 5.74. The first-order valence-corrected chi connectivity index (χ1v) is 10.0. The quantitative estimate of drug-likeness (QED) is 0.431. The van der Waals surface area contributed by atoms with Crippen LogP contribution >= 0.6 is 0 Å². The summed E-state index contributed by atoms with van der Waals surface area (Å²) in [6.45, 7) is 5.35. The van der Waals surface area contributed by atoms with Gasteiger partial charge in [0.2, 0.25) is 0 Å². The summed E-state index contributed by atoms with van der Waals surface area (Å²) in [4.78, 5) is 0. The molecule has 1 aromatic carbocycles. The zero-order valence-electron chi connectivity index (χ0n) is 15.4. The minimum atomic E-state index is 0.844. The van der Waals surface area contributed by atoms with Crippen LogP contribution in [0.25, 0.3) is 0 Å². The molecule has 1 heteroatoms. The van der Waals surface area contributed by atoms with Gasteiger partial charge in [0.05, 0.1) is 6.61 Å². The van der Waals surface area contributed by atoms with Crippen molar-refractivity contribution >= 4 is 0 Å². The highest BCUT2D eigenvalue weighted by atomic mass is 16.5. The summed E-state index contributed by atoms with van der Waals surface area (Å²) < 4.78 is 5.74. The molecule has 1 fully saturated rings. The fourth-order valence-corrected chi connectivity index (χ4v) is 3.76. The van der Waals surface area contributed by atoms with Gasteiger partial charge in [-0.05, 0) is 48.8 Å². The van der Waals surface area contributed by atoms with E-state index in [4.69, 9.17) is 4.74 Å². The number of hydrogen-bond acceptors (Lipinski definition) is 1. The van der Waals surface area contributed by atoms with Crippen LogP contribution in [-0.4, -0.2) is 6.61 Å². The van der Waals surface area contributed by atoms with Crippen molar-refractivity contribution in [2.45, 2.75) is 84.5 Å². The van der Waals surface area contributed by atoms with Gasteiger partial charge in [0.1, 0.15) is 5.75 Å². The predicted molar refractivity (Wildman–Crippen MR) is 100 cm³/mol. The van der Waals surface area contributed by atoms with Gasteiger partial charge in [0, 0.05) is 0 Å². The standard InChI is InChI=1S/C22H36O/c1-3-5-7-19-8-10-20(11-9-19)12-13-21-14-16-22(17-15-21)23-18-6-4-2/h14-17,19-20H,3-13,18H2,1-2H3. The lowest BCUT2D eigenvalue weighted by atomic mass is 9.78. The summed E-state index contributed by atoms with van der Waals surface area (Å²) >= 11 is 0. The first kappa shape index (κ1) is 18.4. The zero-order valence-corrected chi connectivity index (χ0v) is 15.4. The van der Waals surface area contributed by atoms with Gasteiger partial charge in [-0.2, -0.15) is 0 Å². The molecule has 130 valence electrons. The van der Waals surface area contributed by atoms with Gasteiger partial charge < -0.3 is 4.74 Å². The van der Waals surface area contributed by atoms with Gasteiger partial charge in [-0.3, -0.25) is 0 Å². The van der Waals surface area contributed by atoms with E-state index in [1.165, 1.54) is 69.8 Å². The monoisotopic (exact) mass is 316 g/mol. The lowest BCUT2D eigenvalue weighted by Crippen LogP contribution is -2.15. The molecule has 0 bridgehead atoms. The average molecular weight is 317 g/mol. The molecule has 23 heavy (non-hydrogen) atoms. The molecule has 1 aliphatic carbocycles. The third-order valence-corrected chi connectivity index (χ3v) is 5.46.